The van der Waals surface area contributed by atoms with Crippen molar-refractivity contribution in [1.82, 2.24) is 5.43 Å². The molecule has 0 aliphatic carbocycles. The summed E-state index contributed by atoms with van der Waals surface area (Å²) in [5.41, 5.74) is 5.43. The van der Waals surface area contributed by atoms with Crippen LogP contribution >= 0.6 is 22.6 Å². The summed E-state index contributed by atoms with van der Waals surface area (Å²) in [6.07, 6.45) is 0. The van der Waals surface area contributed by atoms with Crippen LogP contribution in [0.4, 0.5) is 4.39 Å². The Kier molecular flexibility index (Phi) is 4.31. The average molecular weight is 356 g/mol. The molecule has 0 bridgehead atoms. The first-order chi connectivity index (χ1) is 8.61. The van der Waals surface area contributed by atoms with Crippen molar-refractivity contribution < 1.29 is 4.39 Å². The third kappa shape index (κ3) is 2.88. The van der Waals surface area contributed by atoms with E-state index in [0.717, 1.165) is 14.7 Å². The van der Waals surface area contributed by atoms with Gasteiger partial charge in [-0.05, 0) is 64.4 Å². The zero-order chi connectivity index (χ0) is 13.1. The van der Waals surface area contributed by atoms with E-state index < -0.39 is 0 Å². The van der Waals surface area contributed by atoms with Crippen LogP contribution in [0.1, 0.15) is 22.7 Å². The van der Waals surface area contributed by atoms with E-state index >= 15 is 0 Å². The second-order valence-electron chi connectivity index (χ2n) is 4.16. The first-order valence-corrected chi connectivity index (χ1v) is 6.67. The van der Waals surface area contributed by atoms with Gasteiger partial charge in [0.25, 0.3) is 0 Å². The van der Waals surface area contributed by atoms with Gasteiger partial charge in [0.05, 0.1) is 6.04 Å². The number of aryl methyl sites for hydroxylation is 1. The van der Waals surface area contributed by atoms with Crippen LogP contribution in [0.15, 0.2) is 42.5 Å². The fourth-order valence-electron chi connectivity index (χ4n) is 1.92. The first-order valence-electron chi connectivity index (χ1n) is 5.59. The summed E-state index contributed by atoms with van der Waals surface area (Å²) < 4.78 is 14.4. The largest absolute Gasteiger partial charge is 0.271 e. The lowest BCUT2D eigenvalue weighted by molar-refractivity contribution is 0.607. The minimum Gasteiger partial charge on any atom is -0.271 e. The summed E-state index contributed by atoms with van der Waals surface area (Å²) in [6, 6.07) is 13.0. The van der Waals surface area contributed by atoms with Gasteiger partial charge in [-0.25, -0.2) is 9.82 Å². The monoisotopic (exact) mass is 356 g/mol. The lowest BCUT2D eigenvalue weighted by Gasteiger charge is -2.18. The Morgan fingerprint density at radius 1 is 1.17 bits per heavy atom. The van der Waals surface area contributed by atoms with E-state index in [1.165, 1.54) is 6.07 Å². The molecule has 3 N–H and O–H groups in total. The zero-order valence-electron chi connectivity index (χ0n) is 9.95. The number of hydrazine groups is 1. The van der Waals surface area contributed by atoms with Crippen molar-refractivity contribution in [3.63, 3.8) is 0 Å². The van der Waals surface area contributed by atoms with Crippen LogP contribution < -0.4 is 11.3 Å². The maximum absolute atomic E-state index is 13.3. The normalized spacial score (nSPS) is 12.4. The van der Waals surface area contributed by atoms with Gasteiger partial charge in [0.2, 0.25) is 0 Å². The van der Waals surface area contributed by atoms with Crippen molar-refractivity contribution in [3.8, 4) is 0 Å². The van der Waals surface area contributed by atoms with Crippen molar-refractivity contribution in [1.29, 1.82) is 0 Å². The number of hydrogen-bond acceptors (Lipinski definition) is 2. The molecule has 18 heavy (non-hydrogen) atoms. The van der Waals surface area contributed by atoms with E-state index in [0.29, 0.717) is 5.56 Å². The Bertz CT molecular complexity index is 557. The Morgan fingerprint density at radius 2 is 1.89 bits per heavy atom. The molecule has 1 atom stereocenters. The number of halogens is 2. The topological polar surface area (TPSA) is 38.0 Å². The van der Waals surface area contributed by atoms with E-state index in [2.05, 4.69) is 34.1 Å². The molecular formula is C14H14FIN2. The maximum Gasteiger partial charge on any atom is 0.126 e. The van der Waals surface area contributed by atoms with Crippen LogP contribution in [-0.2, 0) is 0 Å². The predicted molar refractivity (Wildman–Crippen MR) is 79.5 cm³/mol. The average Bonchev–Trinajstić information content (AvgIpc) is 2.35. The fraction of sp³-hybridized carbons (Fsp3) is 0.143. The molecule has 0 aliphatic rings. The molecule has 0 heterocycles. The first kappa shape index (κ1) is 13.5. The molecular weight excluding hydrogens is 342 g/mol. The molecule has 0 radical (unpaired) electrons. The second-order valence-corrected chi connectivity index (χ2v) is 5.41. The van der Waals surface area contributed by atoms with Crippen molar-refractivity contribution >= 4 is 22.6 Å². The molecule has 0 saturated carbocycles. The van der Waals surface area contributed by atoms with Crippen molar-refractivity contribution in [3.05, 3.63) is 68.5 Å². The van der Waals surface area contributed by atoms with E-state index in [9.17, 15) is 4.39 Å². The summed E-state index contributed by atoms with van der Waals surface area (Å²) in [4.78, 5) is 0. The highest BCUT2D eigenvalue weighted by Gasteiger charge is 2.13. The highest BCUT2D eigenvalue weighted by atomic mass is 127. The van der Waals surface area contributed by atoms with Crippen LogP contribution in [0.3, 0.4) is 0 Å². The quantitative estimate of drug-likeness (QED) is 0.503. The minimum atomic E-state index is -0.197. The predicted octanol–water partition coefficient (Wildman–Crippen LogP) is 3.29. The maximum atomic E-state index is 13.3. The second kappa shape index (κ2) is 5.77. The Morgan fingerprint density at radius 3 is 2.50 bits per heavy atom. The fourth-order valence-corrected chi connectivity index (χ4v) is 2.49. The molecule has 0 saturated heterocycles. The smallest absolute Gasteiger partial charge is 0.126 e. The van der Waals surface area contributed by atoms with Gasteiger partial charge >= 0.3 is 0 Å². The number of nitrogens with two attached hydrogens (primary N) is 1. The summed E-state index contributed by atoms with van der Waals surface area (Å²) in [7, 11) is 0. The summed E-state index contributed by atoms with van der Waals surface area (Å²) >= 11 is 2.26. The number of nitrogens with one attached hydrogen (secondary N) is 1. The van der Waals surface area contributed by atoms with Gasteiger partial charge in [-0.15, -0.1) is 0 Å². The van der Waals surface area contributed by atoms with E-state index in [1.807, 2.05) is 24.3 Å². The van der Waals surface area contributed by atoms with Crippen molar-refractivity contribution in [2.45, 2.75) is 13.0 Å². The highest BCUT2D eigenvalue weighted by molar-refractivity contribution is 14.1. The summed E-state index contributed by atoms with van der Waals surface area (Å²) in [5.74, 6) is 5.43. The molecule has 4 heteroatoms. The Labute approximate surface area is 120 Å². The zero-order valence-corrected chi connectivity index (χ0v) is 12.1. The molecule has 1 unspecified atom stereocenters. The van der Waals surface area contributed by atoms with Gasteiger partial charge in [-0.1, -0.05) is 24.3 Å². The van der Waals surface area contributed by atoms with E-state index in [1.54, 1.807) is 13.0 Å². The summed E-state index contributed by atoms with van der Waals surface area (Å²) in [6.45, 7) is 1.75. The van der Waals surface area contributed by atoms with Crippen LogP contribution in [0.2, 0.25) is 0 Å². The SMILES string of the molecule is Cc1cc(C(NN)c2cccc(I)c2)ccc1F. The molecule has 94 valence electrons. The number of rotatable bonds is 3. The van der Waals surface area contributed by atoms with Gasteiger partial charge in [0.15, 0.2) is 0 Å². The Balaban J connectivity index is 2.42. The third-order valence-electron chi connectivity index (χ3n) is 2.86. The van der Waals surface area contributed by atoms with Crippen molar-refractivity contribution in [2.75, 3.05) is 0 Å². The van der Waals surface area contributed by atoms with E-state index in [4.69, 9.17) is 5.84 Å². The highest BCUT2D eigenvalue weighted by Crippen LogP contribution is 2.24. The van der Waals surface area contributed by atoms with Crippen molar-refractivity contribution in [2.24, 2.45) is 5.84 Å². The summed E-state index contributed by atoms with van der Waals surface area (Å²) in [5, 5.41) is 0. The molecule has 2 rings (SSSR count). The minimum absolute atomic E-state index is 0.126. The third-order valence-corrected chi connectivity index (χ3v) is 3.53. The standard InChI is InChI=1S/C14H14FIN2/c1-9-7-11(5-6-13(9)15)14(18-17)10-3-2-4-12(16)8-10/h2-8,14,18H,17H2,1H3. The molecule has 0 spiro atoms. The van der Waals surface area contributed by atoms with Gasteiger partial charge in [0, 0.05) is 3.57 Å². The molecule has 2 aromatic rings. The molecule has 0 amide bonds. The Hall–Kier alpha value is -0.980. The van der Waals surface area contributed by atoms with E-state index in [-0.39, 0.29) is 11.9 Å². The van der Waals surface area contributed by atoms with Gasteiger partial charge in [0.1, 0.15) is 5.82 Å². The van der Waals surface area contributed by atoms with Gasteiger partial charge < -0.3 is 0 Å². The molecule has 2 aromatic carbocycles. The molecule has 0 fully saturated rings. The lowest BCUT2D eigenvalue weighted by atomic mass is 9.98. The molecule has 0 aliphatic heterocycles. The number of hydrogen-bond donors (Lipinski definition) is 2. The van der Waals surface area contributed by atoms with Gasteiger partial charge in [-0.3, -0.25) is 5.84 Å². The van der Waals surface area contributed by atoms with Crippen LogP contribution in [0.5, 0.6) is 0 Å². The molecule has 2 nitrogen and oxygen atoms in total. The van der Waals surface area contributed by atoms with Crippen LogP contribution in [0, 0.1) is 16.3 Å². The number of benzene rings is 2. The van der Waals surface area contributed by atoms with Crippen LogP contribution in [-0.4, -0.2) is 0 Å². The molecule has 0 aromatic heterocycles. The van der Waals surface area contributed by atoms with Gasteiger partial charge in [-0.2, -0.15) is 0 Å². The lowest BCUT2D eigenvalue weighted by Crippen LogP contribution is -2.29. The van der Waals surface area contributed by atoms with Crippen LogP contribution in [0.25, 0.3) is 0 Å².